The second-order valence-electron chi connectivity index (χ2n) is 34.9. The molecule has 0 fully saturated rings. The summed E-state index contributed by atoms with van der Waals surface area (Å²) in [6.45, 7) is 42.6. The van der Waals surface area contributed by atoms with Crippen molar-refractivity contribution in [3.05, 3.63) is 212 Å². The molecule has 0 amide bonds. The molecule has 12 aromatic carbocycles. The summed E-state index contributed by atoms with van der Waals surface area (Å²) in [5.41, 5.74) is 13.8. The van der Waals surface area contributed by atoms with E-state index in [1.165, 1.54) is 212 Å². The fraction of sp³-hybridized carbons (Fsp3) is 0.317. The number of hydrogen-bond acceptors (Lipinski definition) is 18. The average molecular weight is 1990 g/mol. The van der Waals surface area contributed by atoms with Gasteiger partial charge < -0.3 is 56.8 Å². The van der Waals surface area contributed by atoms with Gasteiger partial charge in [0.1, 0.15) is 106 Å². The zero-order valence-corrected chi connectivity index (χ0v) is 89.4. The van der Waals surface area contributed by atoms with E-state index in [4.69, 9.17) is 95.4 Å². The second-order valence-corrected chi connectivity index (χ2v) is 41.1. The van der Waals surface area contributed by atoms with Crippen LogP contribution >= 0.6 is 68.0 Å². The SMILES string of the molecule is C#COc1ccc2c(sc3c(C)c(OCC)ccc32)c1C.C#COc1ccc2c(sc3c(C)c(OCCC)ccc32)c1C.C#COc1ccc2c(sc3c(C)c(OCCCC)ccc32)c1C.C#COc1ccc2c(sc3c(C)c(OCCCCC)ccc32)c1C.C#COc1ccc2c(sc3c(C)c(OCCCCCC)ccc32)c1C.C#COc1ccc2c(sc3c(C)c(OCCCCCCC)ccc32)c1C. The first kappa shape index (κ1) is 105. The van der Waals surface area contributed by atoms with Crippen LogP contribution in [0.5, 0.6) is 69.0 Å². The molecule has 0 radical (unpaired) electrons. The highest BCUT2D eigenvalue weighted by Crippen LogP contribution is 2.50. The maximum absolute atomic E-state index is 6.07. The number of benzene rings is 12. The Balaban J connectivity index is 0.000000142. The summed E-state index contributed by atoms with van der Waals surface area (Å²) in [7, 11) is 0. The molecule has 18 aromatic rings. The van der Waals surface area contributed by atoms with Gasteiger partial charge >= 0.3 is 0 Å². The van der Waals surface area contributed by atoms with Crippen LogP contribution in [0, 0.1) is 158 Å². The third-order valence-electron chi connectivity index (χ3n) is 25.5. The number of aryl methyl sites for hydroxylation is 12. The van der Waals surface area contributed by atoms with Crippen LogP contribution in [0.25, 0.3) is 121 Å². The Bertz CT molecular complexity index is 7810. The lowest BCUT2D eigenvalue weighted by molar-refractivity contribution is 0.303. The largest absolute Gasteiger partial charge is 0.494 e. The maximum Gasteiger partial charge on any atom is 0.144 e. The van der Waals surface area contributed by atoms with Gasteiger partial charge in [0.15, 0.2) is 0 Å². The number of terminal acetylenes is 6. The minimum Gasteiger partial charge on any atom is -0.494 e. The van der Waals surface area contributed by atoms with Crippen LogP contribution < -0.4 is 56.8 Å². The van der Waals surface area contributed by atoms with E-state index >= 15 is 0 Å². The monoisotopic (exact) mass is 1990 g/mol. The first-order valence-electron chi connectivity index (χ1n) is 48.8. The van der Waals surface area contributed by atoms with Gasteiger partial charge in [-0.05, 0) is 268 Å². The van der Waals surface area contributed by atoms with Crippen molar-refractivity contribution in [1.82, 2.24) is 0 Å². The fourth-order valence-electron chi connectivity index (χ4n) is 17.6. The highest BCUT2D eigenvalue weighted by Gasteiger charge is 2.23. The van der Waals surface area contributed by atoms with E-state index in [0.29, 0.717) is 6.61 Å². The topological polar surface area (TPSA) is 111 Å². The van der Waals surface area contributed by atoms with E-state index in [1.54, 1.807) is 68.0 Å². The zero-order valence-electron chi connectivity index (χ0n) is 84.5. The van der Waals surface area contributed by atoms with Crippen LogP contribution in [0.2, 0.25) is 0 Å². The molecule has 0 saturated heterocycles. The van der Waals surface area contributed by atoms with Gasteiger partial charge in [0.25, 0.3) is 0 Å². The molecule has 6 heterocycles. The summed E-state index contributed by atoms with van der Waals surface area (Å²) < 4.78 is 82.2. The smallest absolute Gasteiger partial charge is 0.144 e. The highest BCUT2D eigenvalue weighted by molar-refractivity contribution is 7.28. The summed E-state index contributed by atoms with van der Waals surface area (Å²) in [5, 5.41) is 15.1. The van der Waals surface area contributed by atoms with Gasteiger partial charge in [-0.1, -0.05) is 137 Å². The molecule has 0 unspecified atom stereocenters. The Hall–Kier alpha value is -13.1. The van der Waals surface area contributed by atoms with Gasteiger partial charge in [0.05, 0.1) is 39.6 Å². The third-order valence-corrected chi connectivity index (χ3v) is 34.3. The molecule has 0 N–H and O–H groups in total. The van der Waals surface area contributed by atoms with E-state index in [1.807, 2.05) is 57.2 Å². The summed E-state index contributed by atoms with van der Waals surface area (Å²) >= 11 is 10.7. The van der Waals surface area contributed by atoms with Crippen LogP contribution in [0.4, 0.5) is 0 Å². The predicted molar refractivity (Wildman–Crippen MR) is 606 cm³/mol. The lowest BCUT2D eigenvalue weighted by atomic mass is 10.1. The quantitative estimate of drug-likeness (QED) is 0.0288. The number of fused-ring (bicyclic) bond motifs is 18. The van der Waals surface area contributed by atoms with Crippen LogP contribution in [-0.2, 0) is 0 Å². The second kappa shape index (κ2) is 50.4. The van der Waals surface area contributed by atoms with Crippen LogP contribution in [0.3, 0.4) is 0 Å². The van der Waals surface area contributed by atoms with Crippen molar-refractivity contribution >= 4 is 189 Å². The molecule has 12 nitrogen and oxygen atoms in total. The van der Waals surface area contributed by atoms with Crippen molar-refractivity contribution in [2.75, 3.05) is 39.6 Å². The zero-order chi connectivity index (χ0) is 101. The molecule has 6 aromatic heterocycles. The number of hydrogen-bond donors (Lipinski definition) is 0. The summed E-state index contributed by atoms with van der Waals surface area (Å²) in [6, 6.07) is 49.7. The molecule has 0 bridgehead atoms. The lowest BCUT2D eigenvalue weighted by Crippen LogP contribution is -1.98. The van der Waals surface area contributed by atoms with Crippen molar-refractivity contribution in [1.29, 1.82) is 0 Å². The average Bonchev–Trinajstić information content (AvgIpc) is 1.64. The molecule has 726 valence electrons. The van der Waals surface area contributed by atoms with Gasteiger partial charge in [-0.25, -0.2) is 0 Å². The molecule has 0 aliphatic rings. The number of thiophene rings is 6. The molecule has 18 rings (SSSR count). The van der Waals surface area contributed by atoms with Crippen molar-refractivity contribution < 1.29 is 56.8 Å². The van der Waals surface area contributed by atoms with Gasteiger partial charge in [-0.2, -0.15) is 0 Å². The molecular weight excluding hydrogens is 1860 g/mol. The van der Waals surface area contributed by atoms with Gasteiger partial charge in [-0.3, -0.25) is 0 Å². The van der Waals surface area contributed by atoms with E-state index in [0.717, 1.165) is 174 Å². The summed E-state index contributed by atoms with van der Waals surface area (Å²) in [4.78, 5) is 0. The van der Waals surface area contributed by atoms with E-state index in [9.17, 15) is 0 Å². The molecule has 0 atom stereocenters. The Morgan fingerprint density at radius 2 is 0.319 bits per heavy atom. The van der Waals surface area contributed by atoms with Crippen molar-refractivity contribution in [3.63, 3.8) is 0 Å². The third kappa shape index (κ3) is 23.6. The normalized spacial score (nSPS) is 10.9. The molecule has 0 aliphatic heterocycles. The van der Waals surface area contributed by atoms with Crippen LogP contribution in [-0.4, -0.2) is 39.6 Å². The summed E-state index contributed by atoms with van der Waals surface area (Å²) in [6.07, 6.45) is 63.0. The lowest BCUT2D eigenvalue weighted by Gasteiger charge is -2.09. The van der Waals surface area contributed by atoms with Crippen LogP contribution in [0.15, 0.2) is 146 Å². The van der Waals surface area contributed by atoms with E-state index in [-0.39, 0.29) is 0 Å². The Morgan fingerprint density at radius 3 is 0.504 bits per heavy atom. The maximum atomic E-state index is 6.07. The van der Waals surface area contributed by atoms with E-state index < -0.39 is 0 Å². The Labute approximate surface area is 856 Å². The van der Waals surface area contributed by atoms with Crippen LogP contribution in [0.1, 0.15) is 205 Å². The standard InChI is InChI=1S/C23H26O2S.C22H24O2S.C21H22O2S.C20H20O2S.C19H18O2S.C18H16O2S/c1-5-7-8-9-10-15-25-21-14-12-19-18-11-13-20(24-6-2)16(3)22(18)26-23(19)17(21)4;1-5-7-8-9-14-24-20-13-11-18-17-10-12-19(23-6-2)15(3)21(17)25-22(18)16(20)4;1-5-7-8-13-23-19-12-10-17-16-9-11-18(22-6-2)14(3)20(16)24-21(17)15(19)4;1-5-7-12-22-18-11-9-16-15-8-10-17(21-6-2)13(3)19(15)23-20(16)14(18)4;1-5-11-21-17-10-8-15-14-7-9-16(20-6-2)12(3)18(14)22-19(15)13(17)4;1-5-19-15-9-7-13-14-8-10-16(20-6-2)12(4)18(14)21-17(13)11(15)3/h2,11-14H,5,7-10,15H2,1,3-4H3;2,10-13H,5,7-9,14H2,1,3-4H3;2,9-12H,5,7-8,13H2,1,3-4H3;2,8-11H,5,7,12H2,1,3-4H3;2,7-10H,5,11H2,1,3-4H3;1,7-10H,6H2,2-4H3. The van der Waals surface area contributed by atoms with Gasteiger partial charge in [-0.15, -0.1) is 68.0 Å². The summed E-state index contributed by atoms with van der Waals surface area (Å²) in [5.74, 6) is 10.4. The molecule has 0 spiro atoms. The van der Waals surface area contributed by atoms with Crippen molar-refractivity contribution in [3.8, 4) is 144 Å². The van der Waals surface area contributed by atoms with E-state index in [2.05, 4.69) is 250 Å². The number of ether oxygens (including phenoxy) is 12. The molecule has 18 heteroatoms. The highest BCUT2D eigenvalue weighted by atomic mass is 32.1. The van der Waals surface area contributed by atoms with Gasteiger partial charge in [0, 0.05) is 188 Å². The van der Waals surface area contributed by atoms with Gasteiger partial charge in [0.2, 0.25) is 0 Å². The van der Waals surface area contributed by atoms with Crippen molar-refractivity contribution in [2.45, 2.75) is 221 Å². The first-order chi connectivity index (χ1) is 68.5. The number of unbranched alkanes of at least 4 members (excludes halogenated alkanes) is 10. The predicted octanol–water partition coefficient (Wildman–Crippen LogP) is 36.1. The first-order valence-corrected chi connectivity index (χ1v) is 53.7. The molecule has 0 aliphatic carbocycles. The Kier molecular flexibility index (Phi) is 37.6. The van der Waals surface area contributed by atoms with Crippen molar-refractivity contribution in [2.24, 2.45) is 0 Å². The molecular formula is C123H126O12S6. The minimum absolute atomic E-state index is 0.677. The Morgan fingerprint density at radius 1 is 0.170 bits per heavy atom. The number of rotatable bonds is 33. The molecule has 0 saturated carbocycles. The fourth-order valence-corrected chi connectivity index (χ4v) is 25.4. The molecule has 141 heavy (non-hydrogen) atoms. The minimum atomic E-state index is 0.677.